The minimum atomic E-state index is 0.288. The fourth-order valence-corrected chi connectivity index (χ4v) is 3.54. The molecular formula is C12H22N2OS. The Labute approximate surface area is 102 Å². The summed E-state index contributed by atoms with van der Waals surface area (Å²) in [5.41, 5.74) is 0. The van der Waals surface area contributed by atoms with Crippen LogP contribution in [0.1, 0.15) is 26.2 Å². The number of amides is 1. The van der Waals surface area contributed by atoms with Crippen LogP contribution in [0.4, 0.5) is 0 Å². The molecule has 92 valence electrons. The average Bonchev–Trinajstić information content (AvgIpc) is 2.96. The van der Waals surface area contributed by atoms with Gasteiger partial charge < -0.3 is 10.2 Å². The topological polar surface area (TPSA) is 32.3 Å². The number of nitrogens with zero attached hydrogens (tertiary/aromatic N) is 1. The Morgan fingerprint density at radius 3 is 2.81 bits per heavy atom. The predicted molar refractivity (Wildman–Crippen MR) is 68.7 cm³/mol. The number of carbonyl (C=O) groups excluding carboxylic acids is 1. The van der Waals surface area contributed by atoms with Crippen molar-refractivity contribution in [2.24, 2.45) is 5.92 Å². The highest BCUT2D eigenvalue weighted by molar-refractivity contribution is 7.99. The molecule has 4 heteroatoms. The van der Waals surface area contributed by atoms with Crippen LogP contribution in [0, 0.1) is 5.92 Å². The molecule has 2 fully saturated rings. The summed E-state index contributed by atoms with van der Waals surface area (Å²) in [5.74, 6) is 3.63. The van der Waals surface area contributed by atoms with Gasteiger partial charge in [-0.05, 0) is 50.2 Å². The van der Waals surface area contributed by atoms with Gasteiger partial charge in [0.1, 0.15) is 0 Å². The summed E-state index contributed by atoms with van der Waals surface area (Å²) in [5, 5.41) is 3.32. The second kappa shape index (κ2) is 5.92. The van der Waals surface area contributed by atoms with Crippen LogP contribution in [0.3, 0.4) is 0 Å². The van der Waals surface area contributed by atoms with E-state index in [2.05, 4.69) is 12.2 Å². The van der Waals surface area contributed by atoms with Gasteiger partial charge in [0.05, 0.1) is 6.54 Å². The average molecular weight is 242 g/mol. The minimum absolute atomic E-state index is 0.288. The van der Waals surface area contributed by atoms with E-state index in [4.69, 9.17) is 0 Å². The molecule has 1 N–H and O–H groups in total. The summed E-state index contributed by atoms with van der Waals surface area (Å²) in [6, 6.07) is 0.557. The summed E-state index contributed by atoms with van der Waals surface area (Å²) in [6.07, 6.45) is 3.73. The minimum Gasteiger partial charge on any atom is -0.339 e. The molecule has 1 unspecified atom stereocenters. The van der Waals surface area contributed by atoms with Crippen molar-refractivity contribution in [3.05, 3.63) is 0 Å². The van der Waals surface area contributed by atoms with Crippen LogP contribution in [0.2, 0.25) is 0 Å². The van der Waals surface area contributed by atoms with Crippen LogP contribution < -0.4 is 5.32 Å². The van der Waals surface area contributed by atoms with Crippen LogP contribution >= 0.6 is 11.8 Å². The molecular weight excluding hydrogens is 220 g/mol. The zero-order valence-electron chi connectivity index (χ0n) is 10.1. The maximum absolute atomic E-state index is 11.9. The van der Waals surface area contributed by atoms with Gasteiger partial charge in [0.25, 0.3) is 0 Å². The maximum atomic E-state index is 11.9. The van der Waals surface area contributed by atoms with Crippen molar-refractivity contribution in [3.8, 4) is 0 Å². The van der Waals surface area contributed by atoms with Crippen LogP contribution in [0.15, 0.2) is 0 Å². The first-order chi connectivity index (χ1) is 7.81. The summed E-state index contributed by atoms with van der Waals surface area (Å²) in [4.78, 5) is 13.9. The number of likely N-dealkylation sites (N-methyl/N-ethyl adjacent to an activating group) is 1. The smallest absolute Gasteiger partial charge is 0.236 e. The standard InChI is InChI=1S/C12H22N2OS/c1-2-14(11-3-4-11)12(15)8-13-7-10-5-6-16-9-10/h10-11,13H,2-9H2,1H3. The highest BCUT2D eigenvalue weighted by Crippen LogP contribution is 2.26. The molecule has 0 bridgehead atoms. The lowest BCUT2D eigenvalue weighted by Crippen LogP contribution is -2.40. The molecule has 1 saturated carbocycles. The molecule has 0 aromatic heterocycles. The zero-order chi connectivity index (χ0) is 11.4. The van der Waals surface area contributed by atoms with E-state index in [0.717, 1.165) is 19.0 Å². The first kappa shape index (κ1) is 12.2. The van der Waals surface area contributed by atoms with Gasteiger partial charge >= 0.3 is 0 Å². The molecule has 2 aliphatic rings. The second-order valence-electron chi connectivity index (χ2n) is 4.77. The van der Waals surface area contributed by atoms with Crippen molar-refractivity contribution in [2.45, 2.75) is 32.2 Å². The van der Waals surface area contributed by atoms with Gasteiger partial charge in [0.15, 0.2) is 0 Å². The first-order valence-corrected chi connectivity index (χ1v) is 7.54. The lowest BCUT2D eigenvalue weighted by molar-refractivity contribution is -0.130. The molecule has 1 saturated heterocycles. The lowest BCUT2D eigenvalue weighted by atomic mass is 10.1. The summed E-state index contributed by atoms with van der Waals surface area (Å²) < 4.78 is 0. The lowest BCUT2D eigenvalue weighted by Gasteiger charge is -2.21. The number of hydrogen-bond acceptors (Lipinski definition) is 3. The van der Waals surface area contributed by atoms with Gasteiger partial charge in [-0.25, -0.2) is 0 Å². The second-order valence-corrected chi connectivity index (χ2v) is 5.92. The third-order valence-corrected chi connectivity index (χ3v) is 4.61. The third-order valence-electron chi connectivity index (χ3n) is 3.38. The number of rotatable bonds is 6. The Kier molecular flexibility index (Phi) is 4.53. The van der Waals surface area contributed by atoms with Gasteiger partial charge in [-0.15, -0.1) is 0 Å². The summed E-state index contributed by atoms with van der Waals surface area (Å²) >= 11 is 2.03. The fourth-order valence-electron chi connectivity index (χ4n) is 2.25. The molecule has 1 aliphatic heterocycles. The van der Waals surface area contributed by atoms with Gasteiger partial charge in [-0.1, -0.05) is 0 Å². The Bertz CT molecular complexity index is 237. The molecule has 3 nitrogen and oxygen atoms in total. The SMILES string of the molecule is CCN(C(=O)CNCC1CCSC1)C1CC1. The van der Waals surface area contributed by atoms with Crippen LogP contribution in [-0.2, 0) is 4.79 Å². The molecule has 1 atom stereocenters. The molecule has 16 heavy (non-hydrogen) atoms. The molecule has 2 rings (SSSR count). The molecule has 1 aliphatic carbocycles. The third kappa shape index (κ3) is 3.39. The van der Waals surface area contributed by atoms with E-state index in [1.165, 1.54) is 30.8 Å². The molecule has 0 aromatic carbocycles. The fraction of sp³-hybridized carbons (Fsp3) is 0.917. The highest BCUT2D eigenvalue weighted by Gasteiger charge is 2.30. The Morgan fingerprint density at radius 2 is 2.25 bits per heavy atom. The van der Waals surface area contributed by atoms with Crippen molar-refractivity contribution in [1.82, 2.24) is 10.2 Å². The number of carbonyl (C=O) groups is 1. The van der Waals surface area contributed by atoms with E-state index in [1.807, 2.05) is 16.7 Å². The molecule has 1 heterocycles. The van der Waals surface area contributed by atoms with E-state index in [0.29, 0.717) is 12.6 Å². The van der Waals surface area contributed by atoms with Crippen molar-refractivity contribution >= 4 is 17.7 Å². The van der Waals surface area contributed by atoms with Gasteiger partial charge in [0, 0.05) is 12.6 Å². The summed E-state index contributed by atoms with van der Waals surface area (Å²) in [7, 11) is 0. The molecule has 0 spiro atoms. The molecule has 0 aromatic rings. The van der Waals surface area contributed by atoms with Gasteiger partial charge in [-0.2, -0.15) is 11.8 Å². The van der Waals surface area contributed by atoms with E-state index in [9.17, 15) is 4.79 Å². The number of thioether (sulfide) groups is 1. The maximum Gasteiger partial charge on any atom is 0.236 e. The Balaban J connectivity index is 1.62. The molecule has 1 amide bonds. The van der Waals surface area contributed by atoms with E-state index < -0.39 is 0 Å². The predicted octanol–water partition coefficient (Wildman–Crippen LogP) is 1.34. The van der Waals surface area contributed by atoms with Crippen molar-refractivity contribution in [3.63, 3.8) is 0 Å². The summed E-state index contributed by atoms with van der Waals surface area (Å²) in [6.45, 7) is 4.49. The van der Waals surface area contributed by atoms with Gasteiger partial charge in [-0.3, -0.25) is 4.79 Å². The molecule has 0 radical (unpaired) electrons. The van der Waals surface area contributed by atoms with Crippen LogP contribution in [0.5, 0.6) is 0 Å². The Morgan fingerprint density at radius 1 is 1.44 bits per heavy atom. The monoisotopic (exact) mass is 242 g/mol. The van der Waals surface area contributed by atoms with Crippen molar-refractivity contribution in [2.75, 3.05) is 31.1 Å². The first-order valence-electron chi connectivity index (χ1n) is 6.39. The van der Waals surface area contributed by atoms with E-state index >= 15 is 0 Å². The van der Waals surface area contributed by atoms with Crippen molar-refractivity contribution in [1.29, 1.82) is 0 Å². The number of hydrogen-bond donors (Lipinski definition) is 1. The van der Waals surface area contributed by atoms with E-state index in [1.54, 1.807) is 0 Å². The Hall–Kier alpha value is -0.220. The van der Waals surface area contributed by atoms with Crippen LogP contribution in [0.25, 0.3) is 0 Å². The number of nitrogens with one attached hydrogen (secondary N) is 1. The normalized spacial score (nSPS) is 24.7. The van der Waals surface area contributed by atoms with Crippen molar-refractivity contribution < 1.29 is 4.79 Å². The van der Waals surface area contributed by atoms with Gasteiger partial charge in [0.2, 0.25) is 5.91 Å². The van der Waals surface area contributed by atoms with Crippen LogP contribution in [-0.4, -0.2) is 48.0 Å². The largest absolute Gasteiger partial charge is 0.339 e. The highest BCUT2D eigenvalue weighted by atomic mass is 32.2. The quantitative estimate of drug-likeness (QED) is 0.763. The zero-order valence-corrected chi connectivity index (χ0v) is 10.9. The van der Waals surface area contributed by atoms with E-state index in [-0.39, 0.29) is 5.91 Å².